The first-order chi connectivity index (χ1) is 15.4. The summed E-state index contributed by atoms with van der Waals surface area (Å²) < 4.78 is 30.3. The molecule has 168 valence electrons. The van der Waals surface area contributed by atoms with Crippen molar-refractivity contribution in [3.8, 4) is 5.69 Å². The number of primary amides is 1. The molecule has 6 N–H and O–H groups in total. The molecule has 1 unspecified atom stereocenters. The Balaban J connectivity index is 1.60. The number of nitrogens with zero attached hydrogens (tertiary/aromatic N) is 3. The van der Waals surface area contributed by atoms with E-state index in [1.54, 1.807) is 16.9 Å². The van der Waals surface area contributed by atoms with Gasteiger partial charge in [0.2, 0.25) is 0 Å². The summed E-state index contributed by atoms with van der Waals surface area (Å²) in [5.74, 6) is -3.88. The lowest BCUT2D eigenvalue weighted by atomic mass is 9.81. The van der Waals surface area contributed by atoms with E-state index >= 15 is 0 Å². The van der Waals surface area contributed by atoms with Crippen LogP contribution in [-0.2, 0) is 0 Å². The van der Waals surface area contributed by atoms with Gasteiger partial charge in [0.25, 0.3) is 11.8 Å². The second-order valence-corrected chi connectivity index (χ2v) is 7.83. The molecule has 1 fully saturated rings. The Morgan fingerprint density at radius 3 is 2.81 bits per heavy atom. The second kappa shape index (κ2) is 8.91. The van der Waals surface area contributed by atoms with E-state index < -0.39 is 23.8 Å². The first-order valence-corrected chi connectivity index (χ1v) is 10.4. The van der Waals surface area contributed by atoms with E-state index in [2.05, 4.69) is 20.7 Å². The topological polar surface area (TPSA) is 124 Å². The van der Waals surface area contributed by atoms with Crippen molar-refractivity contribution in [1.29, 1.82) is 0 Å². The molecule has 0 aliphatic heterocycles. The standard InChI is InChI=1S/C22H25F2N7O/c23-22(24)9-2-6-18(17(22)13-25)29-19-8-7-16(20(26)32)21(30-19)28-14-4-1-5-15(12-14)31-11-3-10-27-31/h1,3-5,7-8,10-12,17-18H,2,6,9,13,25H2,(H2,26,32)(H2,28,29,30)/t17?,18-/m1/s1. The fourth-order valence-electron chi connectivity index (χ4n) is 4.06. The summed E-state index contributed by atoms with van der Waals surface area (Å²) in [6, 6.07) is 11.7. The molecule has 4 rings (SSSR count). The van der Waals surface area contributed by atoms with E-state index in [-0.39, 0.29) is 24.3 Å². The maximum absolute atomic E-state index is 14.3. The Morgan fingerprint density at radius 1 is 1.25 bits per heavy atom. The fourth-order valence-corrected chi connectivity index (χ4v) is 4.06. The number of rotatable bonds is 7. The third-order valence-electron chi connectivity index (χ3n) is 5.68. The lowest BCUT2D eigenvalue weighted by molar-refractivity contribution is -0.0862. The highest BCUT2D eigenvalue weighted by Gasteiger charge is 2.46. The zero-order valence-corrected chi connectivity index (χ0v) is 17.3. The van der Waals surface area contributed by atoms with E-state index in [9.17, 15) is 13.6 Å². The highest BCUT2D eigenvalue weighted by molar-refractivity contribution is 5.98. The number of alkyl halides is 2. The summed E-state index contributed by atoms with van der Waals surface area (Å²) in [5, 5.41) is 10.4. The number of pyridine rings is 1. The fraction of sp³-hybridized carbons (Fsp3) is 0.318. The minimum Gasteiger partial charge on any atom is -0.367 e. The van der Waals surface area contributed by atoms with Gasteiger partial charge in [-0.05, 0) is 49.2 Å². The molecule has 2 atom stereocenters. The number of anilines is 3. The van der Waals surface area contributed by atoms with E-state index in [1.165, 1.54) is 6.07 Å². The third-order valence-corrected chi connectivity index (χ3v) is 5.68. The number of carbonyl (C=O) groups excluding carboxylic acids is 1. The van der Waals surface area contributed by atoms with Gasteiger partial charge >= 0.3 is 0 Å². The van der Waals surface area contributed by atoms with Crippen LogP contribution < -0.4 is 22.1 Å². The minimum atomic E-state index is -2.83. The molecule has 1 aliphatic rings. The van der Waals surface area contributed by atoms with E-state index in [0.29, 0.717) is 24.3 Å². The van der Waals surface area contributed by atoms with Crippen LogP contribution >= 0.6 is 0 Å². The molecule has 1 saturated carbocycles. The molecule has 3 aromatic rings. The average molecular weight is 441 g/mol. The molecule has 8 nitrogen and oxygen atoms in total. The largest absolute Gasteiger partial charge is 0.367 e. The molecule has 2 aromatic heterocycles. The minimum absolute atomic E-state index is 0.130. The number of nitrogens with one attached hydrogen (secondary N) is 2. The van der Waals surface area contributed by atoms with Crippen LogP contribution in [0.4, 0.5) is 26.1 Å². The number of benzene rings is 1. The maximum Gasteiger partial charge on any atom is 0.254 e. The molecule has 1 amide bonds. The number of hydrogen-bond donors (Lipinski definition) is 4. The Morgan fingerprint density at radius 2 is 2.09 bits per heavy atom. The van der Waals surface area contributed by atoms with Crippen molar-refractivity contribution in [3.63, 3.8) is 0 Å². The normalized spacial score (nSPS) is 20.0. The zero-order chi connectivity index (χ0) is 22.7. The zero-order valence-electron chi connectivity index (χ0n) is 17.3. The number of carbonyl (C=O) groups is 1. The molecule has 0 spiro atoms. The maximum atomic E-state index is 14.3. The summed E-state index contributed by atoms with van der Waals surface area (Å²) in [4.78, 5) is 16.4. The highest BCUT2D eigenvalue weighted by atomic mass is 19.3. The van der Waals surface area contributed by atoms with Crippen molar-refractivity contribution in [1.82, 2.24) is 14.8 Å². The first-order valence-electron chi connectivity index (χ1n) is 10.4. The Bertz CT molecular complexity index is 1090. The van der Waals surface area contributed by atoms with E-state index in [4.69, 9.17) is 11.5 Å². The Labute approximate surface area is 184 Å². The molecule has 1 aliphatic carbocycles. The van der Waals surface area contributed by atoms with Crippen LogP contribution in [0.2, 0.25) is 0 Å². The highest BCUT2D eigenvalue weighted by Crippen LogP contribution is 2.39. The molecule has 0 radical (unpaired) electrons. The summed E-state index contributed by atoms with van der Waals surface area (Å²) in [7, 11) is 0. The average Bonchev–Trinajstić information content (AvgIpc) is 3.28. The smallest absolute Gasteiger partial charge is 0.254 e. The van der Waals surface area contributed by atoms with Crippen LogP contribution in [0.25, 0.3) is 5.69 Å². The lowest BCUT2D eigenvalue weighted by Gasteiger charge is -2.38. The van der Waals surface area contributed by atoms with Crippen molar-refractivity contribution >= 4 is 23.2 Å². The van der Waals surface area contributed by atoms with Gasteiger partial charge in [0.15, 0.2) is 0 Å². The van der Waals surface area contributed by atoms with Gasteiger partial charge in [-0.15, -0.1) is 0 Å². The SMILES string of the molecule is NCC1[C@H](Nc2ccc(C(N)=O)c(Nc3cccc(-n4cccn4)c3)n2)CCCC1(F)F. The van der Waals surface area contributed by atoms with Gasteiger partial charge in [-0.2, -0.15) is 5.10 Å². The summed E-state index contributed by atoms with van der Waals surface area (Å²) in [6.07, 6.45) is 4.27. The van der Waals surface area contributed by atoms with Gasteiger partial charge < -0.3 is 22.1 Å². The van der Waals surface area contributed by atoms with Crippen LogP contribution in [0.15, 0.2) is 54.9 Å². The predicted molar refractivity (Wildman–Crippen MR) is 118 cm³/mol. The Kier molecular flexibility index (Phi) is 6.04. The van der Waals surface area contributed by atoms with Gasteiger partial charge in [0.05, 0.1) is 17.2 Å². The van der Waals surface area contributed by atoms with Crippen molar-refractivity contribution in [3.05, 3.63) is 60.4 Å². The second-order valence-electron chi connectivity index (χ2n) is 7.83. The summed E-state index contributed by atoms with van der Waals surface area (Å²) in [5.41, 5.74) is 12.8. The molecule has 32 heavy (non-hydrogen) atoms. The number of amides is 1. The monoisotopic (exact) mass is 441 g/mol. The molecule has 0 saturated heterocycles. The molecular formula is C22H25F2N7O. The van der Waals surface area contributed by atoms with Crippen LogP contribution in [0.3, 0.4) is 0 Å². The lowest BCUT2D eigenvalue weighted by Crippen LogP contribution is -2.48. The van der Waals surface area contributed by atoms with Gasteiger partial charge in [-0.1, -0.05) is 6.07 Å². The van der Waals surface area contributed by atoms with Crippen molar-refractivity contribution in [2.75, 3.05) is 17.2 Å². The van der Waals surface area contributed by atoms with Crippen LogP contribution in [-0.4, -0.2) is 39.2 Å². The van der Waals surface area contributed by atoms with Crippen molar-refractivity contribution < 1.29 is 13.6 Å². The van der Waals surface area contributed by atoms with Gasteiger partial charge in [0.1, 0.15) is 11.6 Å². The van der Waals surface area contributed by atoms with Crippen LogP contribution in [0.1, 0.15) is 29.6 Å². The van der Waals surface area contributed by atoms with Crippen molar-refractivity contribution in [2.45, 2.75) is 31.2 Å². The van der Waals surface area contributed by atoms with Crippen LogP contribution in [0, 0.1) is 5.92 Å². The Hall–Kier alpha value is -3.53. The molecule has 10 heteroatoms. The number of halogens is 2. The van der Waals surface area contributed by atoms with Crippen LogP contribution in [0.5, 0.6) is 0 Å². The predicted octanol–water partition coefficient (Wildman–Crippen LogP) is 3.28. The van der Waals surface area contributed by atoms with E-state index in [1.807, 2.05) is 36.5 Å². The molecular weight excluding hydrogens is 416 g/mol. The number of nitrogens with two attached hydrogens (primary N) is 2. The first kappa shape index (κ1) is 21.7. The molecule has 0 bridgehead atoms. The third kappa shape index (κ3) is 4.54. The quantitative estimate of drug-likeness (QED) is 0.446. The molecule has 2 heterocycles. The van der Waals surface area contributed by atoms with E-state index in [0.717, 1.165) is 5.69 Å². The summed E-state index contributed by atoms with van der Waals surface area (Å²) >= 11 is 0. The number of aromatic nitrogens is 3. The van der Waals surface area contributed by atoms with Crippen molar-refractivity contribution in [2.24, 2.45) is 17.4 Å². The van der Waals surface area contributed by atoms with Gasteiger partial charge in [-0.25, -0.2) is 18.4 Å². The summed E-state index contributed by atoms with van der Waals surface area (Å²) in [6.45, 7) is -0.130. The van der Waals surface area contributed by atoms with Gasteiger partial charge in [0, 0.05) is 37.1 Å². The molecule has 1 aromatic carbocycles. The van der Waals surface area contributed by atoms with Gasteiger partial charge in [-0.3, -0.25) is 4.79 Å². The number of hydrogen-bond acceptors (Lipinski definition) is 6.